The zero-order valence-electron chi connectivity index (χ0n) is 11.6. The Morgan fingerprint density at radius 3 is 2.68 bits per heavy atom. The molecule has 0 bridgehead atoms. The number of ether oxygens (including phenoxy) is 1. The molecule has 0 aliphatic heterocycles. The first kappa shape index (κ1) is 15.4. The lowest BCUT2D eigenvalue weighted by Gasteiger charge is -2.12. The fourth-order valence-corrected chi connectivity index (χ4v) is 1.75. The van der Waals surface area contributed by atoms with Crippen LogP contribution in [0.2, 0.25) is 0 Å². The highest BCUT2D eigenvalue weighted by atomic mass is 16.5. The first-order valence-corrected chi connectivity index (χ1v) is 6.78. The number of benzene rings is 1. The molecule has 0 aliphatic rings. The molecule has 0 aromatic heterocycles. The van der Waals surface area contributed by atoms with Gasteiger partial charge in [0.1, 0.15) is 0 Å². The maximum atomic E-state index is 11.6. The molecule has 3 heteroatoms. The van der Waals surface area contributed by atoms with Gasteiger partial charge in [0.15, 0.2) is 0 Å². The normalized spacial score (nSPS) is 11.9. The van der Waals surface area contributed by atoms with Gasteiger partial charge in [-0.05, 0) is 24.0 Å². The number of hydrogen-bond donors (Lipinski definition) is 1. The van der Waals surface area contributed by atoms with E-state index in [4.69, 9.17) is 10.5 Å². The van der Waals surface area contributed by atoms with Crippen LogP contribution in [0.15, 0.2) is 36.9 Å². The third kappa shape index (κ3) is 5.71. The summed E-state index contributed by atoms with van der Waals surface area (Å²) in [5, 5.41) is 0. The van der Waals surface area contributed by atoms with Crippen molar-refractivity contribution in [2.45, 2.75) is 38.6 Å². The van der Waals surface area contributed by atoms with Gasteiger partial charge in [-0.15, -0.1) is 6.58 Å². The Balaban J connectivity index is 2.45. The summed E-state index contributed by atoms with van der Waals surface area (Å²) < 4.78 is 5.10. The minimum atomic E-state index is -0.299. The summed E-state index contributed by atoms with van der Waals surface area (Å²) in [6.45, 7) is 6.25. The Morgan fingerprint density at radius 1 is 1.42 bits per heavy atom. The molecule has 1 atom stereocenters. The van der Waals surface area contributed by atoms with Crippen LogP contribution < -0.4 is 5.73 Å². The van der Waals surface area contributed by atoms with Crippen molar-refractivity contribution in [3.05, 3.63) is 48.0 Å². The molecule has 0 spiro atoms. The van der Waals surface area contributed by atoms with Gasteiger partial charge < -0.3 is 10.5 Å². The Bertz CT molecular complexity index is 398. The Kier molecular flexibility index (Phi) is 6.90. The lowest BCUT2D eigenvalue weighted by molar-refractivity contribution is -0.144. The summed E-state index contributed by atoms with van der Waals surface area (Å²) in [6.07, 6.45) is 4.85. The maximum absolute atomic E-state index is 11.6. The molecule has 104 valence electrons. The number of allylic oxidation sites excluding steroid dienone is 1. The van der Waals surface area contributed by atoms with Crippen molar-refractivity contribution in [2.24, 2.45) is 5.73 Å². The van der Waals surface area contributed by atoms with Crippen LogP contribution in [0.5, 0.6) is 0 Å². The maximum Gasteiger partial charge on any atom is 0.307 e. The van der Waals surface area contributed by atoms with Crippen molar-refractivity contribution < 1.29 is 9.53 Å². The summed E-state index contributed by atoms with van der Waals surface area (Å²) in [5.41, 5.74) is 8.15. The van der Waals surface area contributed by atoms with Crippen molar-refractivity contribution in [2.75, 3.05) is 6.61 Å². The lowest BCUT2D eigenvalue weighted by atomic mass is 10.0. The number of rotatable bonds is 8. The van der Waals surface area contributed by atoms with Gasteiger partial charge in [0.05, 0.1) is 13.0 Å². The molecule has 0 fully saturated rings. The molecule has 0 aliphatic carbocycles. The number of carbonyl (C=O) groups excluding carboxylic acids is 1. The number of nitrogens with two attached hydrogens (primary N) is 1. The lowest BCUT2D eigenvalue weighted by Crippen LogP contribution is -2.17. The van der Waals surface area contributed by atoms with Gasteiger partial charge in [-0.25, -0.2) is 0 Å². The fourth-order valence-electron chi connectivity index (χ4n) is 1.75. The van der Waals surface area contributed by atoms with Crippen LogP contribution in [-0.4, -0.2) is 12.6 Å². The van der Waals surface area contributed by atoms with Gasteiger partial charge in [-0.1, -0.05) is 43.7 Å². The summed E-state index contributed by atoms with van der Waals surface area (Å²) in [5.74, 6) is -0.226. The van der Waals surface area contributed by atoms with E-state index in [0.29, 0.717) is 6.61 Å². The van der Waals surface area contributed by atoms with Gasteiger partial charge in [-0.2, -0.15) is 0 Å². The molecule has 0 amide bonds. The number of esters is 1. The van der Waals surface area contributed by atoms with E-state index >= 15 is 0 Å². The fraction of sp³-hybridized carbons (Fsp3) is 0.438. The summed E-state index contributed by atoms with van der Waals surface area (Å²) in [7, 11) is 0. The third-order valence-corrected chi connectivity index (χ3v) is 2.94. The van der Waals surface area contributed by atoms with E-state index in [-0.39, 0.29) is 18.4 Å². The number of hydrogen-bond acceptors (Lipinski definition) is 3. The highest BCUT2D eigenvalue weighted by molar-refractivity contribution is 5.70. The van der Waals surface area contributed by atoms with Crippen molar-refractivity contribution in [1.29, 1.82) is 0 Å². The minimum absolute atomic E-state index is 0.226. The number of unbranched alkanes of at least 4 members (excludes halogenated alkanes) is 1. The second-order valence-corrected chi connectivity index (χ2v) is 4.62. The molecule has 2 N–H and O–H groups in total. The topological polar surface area (TPSA) is 52.3 Å². The van der Waals surface area contributed by atoms with E-state index in [1.165, 1.54) is 5.56 Å². The molecular weight excluding hydrogens is 238 g/mol. The predicted octanol–water partition coefficient (Wildman–Crippen LogP) is 3.15. The van der Waals surface area contributed by atoms with Crippen LogP contribution in [0, 0.1) is 0 Å². The molecule has 1 aromatic rings. The molecule has 3 nitrogen and oxygen atoms in total. The third-order valence-electron chi connectivity index (χ3n) is 2.94. The second kappa shape index (κ2) is 8.48. The predicted molar refractivity (Wildman–Crippen MR) is 77.8 cm³/mol. The molecule has 1 rings (SSSR count). The second-order valence-electron chi connectivity index (χ2n) is 4.62. The molecule has 0 radical (unpaired) electrons. The number of carbonyl (C=O) groups is 1. The van der Waals surface area contributed by atoms with Gasteiger partial charge in [0, 0.05) is 6.04 Å². The van der Waals surface area contributed by atoms with Crippen LogP contribution in [0.4, 0.5) is 0 Å². The molecule has 0 saturated carbocycles. The zero-order chi connectivity index (χ0) is 14.1. The summed E-state index contributed by atoms with van der Waals surface area (Å²) in [4.78, 5) is 11.6. The van der Waals surface area contributed by atoms with Crippen LogP contribution in [0.25, 0.3) is 0 Å². The highest BCUT2D eigenvalue weighted by Crippen LogP contribution is 2.16. The van der Waals surface area contributed by atoms with Gasteiger partial charge in [0.2, 0.25) is 0 Å². The van der Waals surface area contributed by atoms with E-state index in [1.54, 1.807) is 0 Å². The largest absolute Gasteiger partial charge is 0.466 e. The van der Waals surface area contributed by atoms with Crippen molar-refractivity contribution in [3.63, 3.8) is 0 Å². The zero-order valence-corrected chi connectivity index (χ0v) is 11.6. The van der Waals surface area contributed by atoms with Gasteiger partial charge in [0.25, 0.3) is 0 Å². The molecule has 0 heterocycles. The van der Waals surface area contributed by atoms with E-state index in [0.717, 1.165) is 24.8 Å². The molecule has 0 saturated heterocycles. The van der Waals surface area contributed by atoms with Crippen molar-refractivity contribution >= 4 is 5.97 Å². The van der Waals surface area contributed by atoms with E-state index < -0.39 is 0 Å². The van der Waals surface area contributed by atoms with Gasteiger partial charge in [-0.3, -0.25) is 4.79 Å². The summed E-state index contributed by atoms with van der Waals surface area (Å²) in [6, 6.07) is 7.65. The monoisotopic (exact) mass is 261 g/mol. The average Bonchev–Trinajstić information content (AvgIpc) is 2.40. The quantitative estimate of drug-likeness (QED) is 0.444. The standard InChI is InChI=1S/C16H23NO2/c1-3-5-11-19-16(18)12-15(17)14-9-7-13(6-4-2)8-10-14/h4,7-10,15H,2-3,5-6,11-12,17H2,1H3. The van der Waals surface area contributed by atoms with Crippen molar-refractivity contribution in [1.82, 2.24) is 0 Å². The van der Waals surface area contributed by atoms with E-state index in [2.05, 4.69) is 13.5 Å². The SMILES string of the molecule is C=CCc1ccc(C(N)CC(=O)OCCCC)cc1. The summed E-state index contributed by atoms with van der Waals surface area (Å²) >= 11 is 0. The van der Waals surface area contributed by atoms with E-state index in [9.17, 15) is 4.79 Å². The van der Waals surface area contributed by atoms with E-state index in [1.807, 2.05) is 30.3 Å². The van der Waals surface area contributed by atoms with Crippen molar-refractivity contribution in [3.8, 4) is 0 Å². The van der Waals surface area contributed by atoms with Crippen LogP contribution >= 0.6 is 0 Å². The molecule has 19 heavy (non-hydrogen) atoms. The van der Waals surface area contributed by atoms with Gasteiger partial charge >= 0.3 is 5.97 Å². The Morgan fingerprint density at radius 2 is 2.11 bits per heavy atom. The first-order chi connectivity index (χ1) is 9.17. The molecule has 1 unspecified atom stereocenters. The smallest absolute Gasteiger partial charge is 0.307 e. The Hall–Kier alpha value is -1.61. The highest BCUT2D eigenvalue weighted by Gasteiger charge is 2.12. The van der Waals surface area contributed by atoms with Crippen LogP contribution in [-0.2, 0) is 16.0 Å². The minimum Gasteiger partial charge on any atom is -0.466 e. The Labute approximate surface area is 115 Å². The van der Waals surface area contributed by atoms with Crippen LogP contribution in [0.3, 0.4) is 0 Å². The average molecular weight is 261 g/mol. The molecular formula is C16H23NO2. The van der Waals surface area contributed by atoms with Crippen LogP contribution in [0.1, 0.15) is 43.4 Å². The first-order valence-electron chi connectivity index (χ1n) is 6.78. The molecule has 1 aromatic carbocycles.